The highest BCUT2D eigenvalue weighted by Gasteiger charge is 2.50. The Balaban J connectivity index is 1.45. The molecule has 0 radical (unpaired) electrons. The molecule has 0 saturated carbocycles. The minimum atomic E-state index is 0.332. The van der Waals surface area contributed by atoms with Crippen LogP contribution >= 0.6 is 0 Å². The van der Waals surface area contributed by atoms with Crippen LogP contribution in [0.4, 0.5) is 0 Å². The van der Waals surface area contributed by atoms with Crippen molar-refractivity contribution in [2.24, 2.45) is 0 Å². The largest absolute Gasteiger partial charge is 0.462 e. The van der Waals surface area contributed by atoms with Gasteiger partial charge in [-0.05, 0) is 66.2 Å². The number of rotatable bonds is 1. The second-order valence-corrected chi connectivity index (χ2v) is 10.4. The van der Waals surface area contributed by atoms with Gasteiger partial charge < -0.3 is 9.30 Å². The molecular formula is C31H26BNO. The lowest BCUT2D eigenvalue weighted by Gasteiger charge is -2.44. The van der Waals surface area contributed by atoms with E-state index in [-0.39, 0.29) is 0 Å². The highest BCUT2D eigenvalue weighted by atomic mass is 16.5. The molecule has 3 aromatic rings. The lowest BCUT2D eigenvalue weighted by molar-refractivity contribution is 0.400. The number of hydrogen-bond acceptors (Lipinski definition) is 1. The zero-order valence-corrected chi connectivity index (χ0v) is 19.4. The van der Waals surface area contributed by atoms with E-state index < -0.39 is 0 Å². The van der Waals surface area contributed by atoms with Crippen LogP contribution in [-0.4, -0.2) is 11.3 Å². The summed E-state index contributed by atoms with van der Waals surface area (Å²) < 4.78 is 9.55. The molecule has 164 valence electrons. The molecule has 2 atom stereocenters. The van der Waals surface area contributed by atoms with E-state index in [4.69, 9.17) is 4.74 Å². The summed E-state index contributed by atoms with van der Waals surface area (Å²) in [6.45, 7) is 2.58. The zero-order valence-electron chi connectivity index (χ0n) is 19.4. The molecule has 0 fully saturated rings. The maximum atomic E-state index is 6.93. The Labute approximate surface area is 200 Å². The van der Waals surface area contributed by atoms with E-state index in [0.717, 1.165) is 31.4 Å². The second-order valence-electron chi connectivity index (χ2n) is 10.4. The fraction of sp³-hybridized carbons (Fsp3) is 0.226. The smallest absolute Gasteiger partial charge is 0.230 e. The van der Waals surface area contributed by atoms with Gasteiger partial charge in [-0.2, -0.15) is 0 Å². The normalized spacial score (nSPS) is 23.4. The van der Waals surface area contributed by atoms with Gasteiger partial charge in [0.05, 0.1) is 6.04 Å². The van der Waals surface area contributed by atoms with Crippen LogP contribution in [0.5, 0.6) is 5.75 Å². The van der Waals surface area contributed by atoms with E-state index in [9.17, 15) is 0 Å². The molecule has 1 aromatic heterocycles. The number of benzene rings is 2. The monoisotopic (exact) mass is 439 g/mol. The first-order chi connectivity index (χ1) is 16.8. The second kappa shape index (κ2) is 6.79. The minimum absolute atomic E-state index is 0.332. The molecule has 34 heavy (non-hydrogen) atoms. The third kappa shape index (κ3) is 2.37. The average molecular weight is 439 g/mol. The van der Waals surface area contributed by atoms with Gasteiger partial charge in [-0.1, -0.05) is 72.4 Å². The van der Waals surface area contributed by atoms with E-state index in [1.54, 1.807) is 0 Å². The van der Waals surface area contributed by atoms with Crippen LogP contribution in [0, 0.1) is 6.92 Å². The van der Waals surface area contributed by atoms with Gasteiger partial charge in [0.25, 0.3) is 0 Å². The molecular weight excluding hydrogens is 413 g/mol. The van der Waals surface area contributed by atoms with Crippen molar-refractivity contribution in [1.82, 2.24) is 4.57 Å². The molecule has 3 heteroatoms. The first-order valence-corrected chi connectivity index (χ1v) is 12.7. The van der Waals surface area contributed by atoms with Crippen molar-refractivity contribution in [3.8, 4) is 5.75 Å². The predicted octanol–water partition coefficient (Wildman–Crippen LogP) is 6.72. The Morgan fingerprint density at radius 3 is 2.82 bits per heavy atom. The molecule has 8 rings (SSSR count). The molecule has 5 aliphatic rings. The number of ether oxygens (including phenoxy) is 1. The lowest BCUT2D eigenvalue weighted by atomic mass is 9.28. The molecule has 0 amide bonds. The topological polar surface area (TPSA) is 14.2 Å². The molecule has 3 heterocycles. The van der Waals surface area contributed by atoms with Gasteiger partial charge in [0.1, 0.15) is 11.5 Å². The summed E-state index contributed by atoms with van der Waals surface area (Å²) in [6, 6.07) is 14.1. The van der Waals surface area contributed by atoms with Gasteiger partial charge in [0, 0.05) is 28.6 Å². The van der Waals surface area contributed by atoms with Crippen LogP contribution in [0.3, 0.4) is 0 Å². The SMILES string of the molecule is Cc1cc2c(c(C3=CC=CCC3)c1)OC1=C3B2C2C=CC=CC2n2c3c(c3ccccc32)CC1. The molecule has 0 spiro atoms. The number of allylic oxidation sites excluding steroid dienone is 9. The molecule has 3 aliphatic carbocycles. The summed E-state index contributed by atoms with van der Waals surface area (Å²) in [6.07, 6.45) is 20.3. The summed E-state index contributed by atoms with van der Waals surface area (Å²) in [7, 11) is 0. The Morgan fingerprint density at radius 1 is 1.00 bits per heavy atom. The van der Waals surface area contributed by atoms with Gasteiger partial charge in [-0.3, -0.25) is 0 Å². The minimum Gasteiger partial charge on any atom is -0.462 e. The molecule has 2 unspecified atom stereocenters. The standard InChI is InChI=1S/C31H26BNO/c1-19-17-23(20-9-3-2-4-10-20)31-25(18-19)32-24-12-6-8-14-27(24)33-26-13-7-5-11-21(26)22-15-16-28(34-31)29(32)30(22)33/h2-3,5-9,11-14,17-18,24,27H,4,10,15-16H2,1H3. The Bertz CT molecular complexity index is 1560. The van der Waals surface area contributed by atoms with Gasteiger partial charge in [0.2, 0.25) is 6.71 Å². The number of fused-ring (bicyclic) bond motifs is 8. The number of nitrogens with zero attached hydrogens (tertiary/aromatic N) is 1. The van der Waals surface area contributed by atoms with Gasteiger partial charge in [0.15, 0.2) is 0 Å². The average Bonchev–Trinajstić information content (AvgIpc) is 3.23. The van der Waals surface area contributed by atoms with Gasteiger partial charge in [-0.25, -0.2) is 0 Å². The fourth-order valence-electron chi connectivity index (χ4n) is 7.19. The molecule has 2 aliphatic heterocycles. The quantitative estimate of drug-likeness (QED) is 0.384. The van der Waals surface area contributed by atoms with Crippen molar-refractivity contribution >= 4 is 34.1 Å². The molecule has 0 saturated heterocycles. The van der Waals surface area contributed by atoms with Crippen molar-refractivity contribution in [2.75, 3.05) is 0 Å². The number of aromatic nitrogens is 1. The summed E-state index contributed by atoms with van der Waals surface area (Å²) >= 11 is 0. The third-order valence-electron chi connectivity index (χ3n) is 8.50. The molecule has 2 aromatic carbocycles. The van der Waals surface area contributed by atoms with Crippen LogP contribution < -0.4 is 10.2 Å². The van der Waals surface area contributed by atoms with Crippen LogP contribution in [0.25, 0.3) is 21.9 Å². The van der Waals surface area contributed by atoms with Gasteiger partial charge >= 0.3 is 0 Å². The van der Waals surface area contributed by atoms with Crippen molar-refractivity contribution < 1.29 is 4.74 Å². The van der Waals surface area contributed by atoms with Crippen molar-refractivity contribution in [3.63, 3.8) is 0 Å². The van der Waals surface area contributed by atoms with Crippen LogP contribution in [0.15, 0.2) is 84.7 Å². The first-order valence-electron chi connectivity index (χ1n) is 12.7. The Morgan fingerprint density at radius 2 is 1.91 bits per heavy atom. The van der Waals surface area contributed by atoms with Gasteiger partial charge in [-0.15, -0.1) is 0 Å². The van der Waals surface area contributed by atoms with Crippen molar-refractivity contribution in [3.05, 3.63) is 107 Å². The highest BCUT2D eigenvalue weighted by molar-refractivity contribution is 6.93. The van der Waals surface area contributed by atoms with Crippen LogP contribution in [0.2, 0.25) is 5.82 Å². The third-order valence-corrected chi connectivity index (χ3v) is 8.50. The summed E-state index contributed by atoms with van der Waals surface area (Å²) in [4.78, 5) is 0. The van der Waals surface area contributed by atoms with Crippen molar-refractivity contribution in [2.45, 2.75) is 44.5 Å². The maximum Gasteiger partial charge on any atom is 0.230 e. The van der Waals surface area contributed by atoms with E-state index in [0.29, 0.717) is 18.6 Å². The fourth-order valence-corrected chi connectivity index (χ4v) is 7.19. The first kappa shape index (κ1) is 18.9. The summed E-state index contributed by atoms with van der Waals surface area (Å²) in [5, 5.41) is 1.42. The van der Waals surface area contributed by atoms with E-state index in [2.05, 4.69) is 90.4 Å². The Hall–Kier alpha value is -3.46. The molecule has 0 N–H and O–H groups in total. The van der Waals surface area contributed by atoms with E-state index in [1.807, 2.05) is 0 Å². The van der Waals surface area contributed by atoms with E-state index in [1.165, 1.54) is 55.6 Å². The predicted molar refractivity (Wildman–Crippen MR) is 142 cm³/mol. The zero-order chi connectivity index (χ0) is 22.4. The van der Waals surface area contributed by atoms with Crippen LogP contribution in [0.1, 0.15) is 47.7 Å². The summed E-state index contributed by atoms with van der Waals surface area (Å²) in [5.41, 5.74) is 11.2. The number of para-hydroxylation sites is 1. The molecule has 0 bridgehead atoms. The lowest BCUT2D eigenvalue weighted by Crippen LogP contribution is -2.48. The van der Waals surface area contributed by atoms with E-state index >= 15 is 0 Å². The highest BCUT2D eigenvalue weighted by Crippen LogP contribution is 2.54. The maximum absolute atomic E-state index is 6.93. The number of hydrogen-bond donors (Lipinski definition) is 0. The summed E-state index contributed by atoms with van der Waals surface area (Å²) in [5.74, 6) is 2.71. The molecule has 2 nitrogen and oxygen atoms in total. The number of aryl methyl sites for hydroxylation is 2. The Kier molecular flexibility index (Phi) is 3.78. The van der Waals surface area contributed by atoms with Crippen LogP contribution in [-0.2, 0) is 6.42 Å². The van der Waals surface area contributed by atoms with Crippen molar-refractivity contribution in [1.29, 1.82) is 0 Å².